The number of hydrogen-bond acceptors (Lipinski definition) is 3. The van der Waals surface area contributed by atoms with Crippen LogP contribution in [0, 0.1) is 5.41 Å². The number of nitrogens with zero attached hydrogens (tertiary/aromatic N) is 1. The van der Waals surface area contributed by atoms with E-state index in [2.05, 4.69) is 0 Å². The summed E-state index contributed by atoms with van der Waals surface area (Å²) in [4.78, 5) is 25.4. The van der Waals surface area contributed by atoms with Crippen LogP contribution in [0.2, 0.25) is 0 Å². The van der Waals surface area contributed by atoms with Gasteiger partial charge in [0.05, 0.1) is 12.1 Å². The lowest BCUT2D eigenvalue weighted by molar-refractivity contribution is -0.167. The summed E-state index contributed by atoms with van der Waals surface area (Å²) in [5.41, 5.74) is -0.796. The number of carbonyl (C=O) groups excluding carboxylic acids is 2. The van der Waals surface area contributed by atoms with E-state index in [4.69, 9.17) is 0 Å². The summed E-state index contributed by atoms with van der Waals surface area (Å²) < 4.78 is 0. The fraction of sp³-hybridized carbons (Fsp3) is 0.833. The van der Waals surface area contributed by atoms with E-state index in [0.29, 0.717) is 12.8 Å². The summed E-state index contributed by atoms with van der Waals surface area (Å²) in [5.74, 6) is -0.231. The normalized spacial score (nSPS) is 27.8. The second-order valence-electron chi connectivity index (χ2n) is 5.88. The number of likely N-dealkylation sites (tertiary alicyclic amines) is 1. The van der Waals surface area contributed by atoms with E-state index in [1.165, 1.54) is 4.90 Å². The highest BCUT2D eigenvalue weighted by Gasteiger charge is 2.51. The van der Waals surface area contributed by atoms with Gasteiger partial charge in [0.2, 0.25) is 11.8 Å². The quantitative estimate of drug-likeness (QED) is 0.715. The highest BCUT2D eigenvalue weighted by molar-refractivity contribution is 5.99. The van der Waals surface area contributed by atoms with E-state index in [-0.39, 0.29) is 23.8 Å². The maximum Gasteiger partial charge on any atom is 0.230 e. The maximum atomic E-state index is 12.0. The van der Waals surface area contributed by atoms with E-state index in [1.807, 2.05) is 13.8 Å². The van der Waals surface area contributed by atoms with Gasteiger partial charge in [0.15, 0.2) is 0 Å². The monoisotopic (exact) mass is 225 g/mol. The number of piperidine rings is 1. The van der Waals surface area contributed by atoms with Gasteiger partial charge in [-0.05, 0) is 24.7 Å². The molecule has 1 aliphatic heterocycles. The van der Waals surface area contributed by atoms with E-state index < -0.39 is 5.54 Å². The molecule has 0 unspecified atom stereocenters. The Morgan fingerprint density at radius 2 is 1.69 bits per heavy atom. The molecule has 0 atom stereocenters. The molecular formula is C12H19NO3. The predicted octanol–water partition coefficient (Wildman–Crippen LogP) is 1.08. The van der Waals surface area contributed by atoms with Gasteiger partial charge in [-0.2, -0.15) is 0 Å². The van der Waals surface area contributed by atoms with Gasteiger partial charge in [0.1, 0.15) is 0 Å². The second kappa shape index (κ2) is 3.55. The standard InChI is InChI=1S/C12H19NO3/c1-11(2)6-9(15)13(10(16)7-11)12(8-14)4-3-5-12/h14H,3-8H2,1-2H3. The first-order chi connectivity index (χ1) is 7.40. The highest BCUT2D eigenvalue weighted by atomic mass is 16.3. The highest BCUT2D eigenvalue weighted by Crippen LogP contribution is 2.42. The molecule has 1 aliphatic carbocycles. The minimum absolute atomic E-state index is 0.0924. The fourth-order valence-corrected chi connectivity index (χ4v) is 2.74. The van der Waals surface area contributed by atoms with E-state index in [9.17, 15) is 14.7 Å². The average molecular weight is 225 g/mol. The van der Waals surface area contributed by atoms with Crippen LogP contribution in [0.5, 0.6) is 0 Å². The molecule has 0 radical (unpaired) electrons. The van der Waals surface area contributed by atoms with Gasteiger partial charge in [0.25, 0.3) is 0 Å². The first-order valence-corrected chi connectivity index (χ1v) is 5.87. The van der Waals surface area contributed by atoms with Crippen LogP contribution in [0.3, 0.4) is 0 Å². The first-order valence-electron chi connectivity index (χ1n) is 5.87. The number of hydrogen-bond donors (Lipinski definition) is 1. The molecule has 16 heavy (non-hydrogen) atoms. The Kier molecular flexibility index (Phi) is 2.57. The lowest BCUT2D eigenvalue weighted by Crippen LogP contribution is -2.63. The Bertz CT molecular complexity index is 306. The number of rotatable bonds is 2. The molecule has 4 heteroatoms. The summed E-state index contributed by atoms with van der Waals surface area (Å²) in [5, 5.41) is 9.41. The van der Waals surface area contributed by atoms with Crippen LogP contribution in [0.15, 0.2) is 0 Å². The van der Waals surface area contributed by atoms with Crippen molar-refractivity contribution >= 4 is 11.8 Å². The lowest BCUT2D eigenvalue weighted by Gasteiger charge is -2.51. The minimum Gasteiger partial charge on any atom is -0.394 e. The zero-order chi connectivity index (χ0) is 12.0. The molecule has 2 amide bonds. The molecule has 1 N–H and O–H groups in total. The number of imide groups is 1. The molecule has 1 saturated heterocycles. The SMILES string of the molecule is CC1(C)CC(=O)N(C2(CO)CCC2)C(=O)C1. The predicted molar refractivity (Wildman–Crippen MR) is 58.5 cm³/mol. The van der Waals surface area contributed by atoms with Crippen LogP contribution in [-0.4, -0.2) is 34.0 Å². The van der Waals surface area contributed by atoms with Crippen LogP contribution in [0.4, 0.5) is 0 Å². The number of amides is 2. The van der Waals surface area contributed by atoms with Crippen molar-refractivity contribution < 1.29 is 14.7 Å². The first kappa shape index (κ1) is 11.6. The largest absolute Gasteiger partial charge is 0.394 e. The van der Waals surface area contributed by atoms with Gasteiger partial charge < -0.3 is 5.11 Å². The van der Waals surface area contributed by atoms with Crippen molar-refractivity contribution in [3.05, 3.63) is 0 Å². The smallest absolute Gasteiger partial charge is 0.230 e. The number of aliphatic hydroxyl groups is 1. The molecule has 0 aromatic carbocycles. The molecular weight excluding hydrogens is 206 g/mol. The molecule has 2 aliphatic rings. The molecule has 0 aromatic heterocycles. The Labute approximate surface area is 95.6 Å². The summed E-state index contributed by atoms with van der Waals surface area (Å²) >= 11 is 0. The molecule has 0 aromatic rings. The molecule has 2 rings (SSSR count). The Hall–Kier alpha value is -0.900. The van der Waals surface area contributed by atoms with Gasteiger partial charge in [-0.15, -0.1) is 0 Å². The Morgan fingerprint density at radius 3 is 2.00 bits per heavy atom. The molecule has 2 fully saturated rings. The van der Waals surface area contributed by atoms with Crippen LogP contribution in [-0.2, 0) is 9.59 Å². The van der Waals surface area contributed by atoms with Crippen molar-refractivity contribution in [1.29, 1.82) is 0 Å². The van der Waals surface area contributed by atoms with Gasteiger partial charge >= 0.3 is 0 Å². The van der Waals surface area contributed by atoms with Crippen LogP contribution in [0.1, 0.15) is 46.0 Å². The van der Waals surface area contributed by atoms with Crippen molar-refractivity contribution in [3.8, 4) is 0 Å². The van der Waals surface area contributed by atoms with Gasteiger partial charge in [-0.25, -0.2) is 0 Å². The number of carbonyl (C=O) groups is 2. The fourth-order valence-electron chi connectivity index (χ4n) is 2.74. The molecule has 90 valence electrons. The third-order valence-electron chi connectivity index (χ3n) is 3.81. The number of aliphatic hydroxyl groups excluding tert-OH is 1. The molecule has 0 spiro atoms. The zero-order valence-electron chi connectivity index (χ0n) is 9.95. The second-order valence-corrected chi connectivity index (χ2v) is 5.88. The maximum absolute atomic E-state index is 12.0. The van der Waals surface area contributed by atoms with Crippen LogP contribution < -0.4 is 0 Å². The van der Waals surface area contributed by atoms with Crippen molar-refractivity contribution in [2.75, 3.05) is 6.61 Å². The van der Waals surface area contributed by atoms with Gasteiger partial charge in [-0.3, -0.25) is 14.5 Å². The molecule has 1 saturated carbocycles. The summed E-state index contributed by atoms with van der Waals surface area (Å²) in [6, 6.07) is 0. The zero-order valence-corrected chi connectivity index (χ0v) is 9.95. The van der Waals surface area contributed by atoms with Crippen LogP contribution in [0.25, 0.3) is 0 Å². The Balaban J connectivity index is 2.22. The third kappa shape index (κ3) is 1.65. The van der Waals surface area contributed by atoms with Crippen molar-refractivity contribution in [2.45, 2.75) is 51.5 Å². The van der Waals surface area contributed by atoms with E-state index in [1.54, 1.807) is 0 Å². The topological polar surface area (TPSA) is 57.6 Å². The summed E-state index contributed by atoms with van der Waals surface area (Å²) in [6.45, 7) is 3.78. The molecule has 4 nitrogen and oxygen atoms in total. The van der Waals surface area contributed by atoms with Gasteiger partial charge in [0, 0.05) is 12.8 Å². The minimum atomic E-state index is -0.565. The van der Waals surface area contributed by atoms with Crippen molar-refractivity contribution in [2.24, 2.45) is 5.41 Å². The van der Waals surface area contributed by atoms with Crippen LogP contribution >= 0.6 is 0 Å². The summed E-state index contributed by atoms with van der Waals surface area (Å²) in [7, 11) is 0. The van der Waals surface area contributed by atoms with E-state index >= 15 is 0 Å². The molecule has 0 bridgehead atoms. The van der Waals surface area contributed by atoms with Gasteiger partial charge in [-0.1, -0.05) is 13.8 Å². The lowest BCUT2D eigenvalue weighted by atomic mass is 9.72. The molecule has 1 heterocycles. The third-order valence-corrected chi connectivity index (χ3v) is 3.81. The van der Waals surface area contributed by atoms with E-state index in [0.717, 1.165) is 19.3 Å². The average Bonchev–Trinajstić information content (AvgIpc) is 2.06. The Morgan fingerprint density at radius 1 is 1.19 bits per heavy atom. The summed E-state index contributed by atoms with van der Waals surface area (Å²) in [6.07, 6.45) is 3.30. The van der Waals surface area contributed by atoms with Crippen molar-refractivity contribution in [1.82, 2.24) is 4.90 Å². The van der Waals surface area contributed by atoms with Crippen molar-refractivity contribution in [3.63, 3.8) is 0 Å².